The largest absolute Gasteiger partial charge is 0.494 e. The van der Waals surface area contributed by atoms with E-state index in [4.69, 9.17) is 4.74 Å². The molecule has 1 amide bonds. The predicted octanol–water partition coefficient (Wildman–Crippen LogP) is 3.09. The van der Waals surface area contributed by atoms with Crippen molar-refractivity contribution in [3.05, 3.63) is 24.0 Å². The van der Waals surface area contributed by atoms with Crippen LogP contribution in [0.1, 0.15) is 38.5 Å². The van der Waals surface area contributed by atoms with Crippen LogP contribution in [0.4, 0.5) is 10.1 Å². The number of halogens is 1. The number of amides is 1. The minimum Gasteiger partial charge on any atom is -0.494 e. The second kappa shape index (κ2) is 6.89. The zero-order valence-corrected chi connectivity index (χ0v) is 12.7. The zero-order chi connectivity index (χ0) is 15.3. The lowest BCUT2D eigenvalue weighted by Gasteiger charge is -2.36. The summed E-state index contributed by atoms with van der Waals surface area (Å²) in [5, 5.41) is 6.07. The second-order valence-electron chi connectivity index (χ2n) is 5.67. The van der Waals surface area contributed by atoms with Gasteiger partial charge in [-0.05, 0) is 32.0 Å². The fourth-order valence-electron chi connectivity index (χ4n) is 3.00. The average Bonchev–Trinajstić information content (AvgIpc) is 2.48. The standard InChI is InChI=1S/C16H23FN2O2/c1-18-16(8-4-3-5-9-16)11-15(20)19-12-6-7-14(21-2)13(17)10-12/h6-7,10,18H,3-5,8-9,11H2,1-2H3,(H,19,20). The molecule has 0 bridgehead atoms. The van der Waals surface area contributed by atoms with Crippen LogP contribution in [0.2, 0.25) is 0 Å². The van der Waals surface area contributed by atoms with E-state index in [1.54, 1.807) is 6.07 Å². The number of ether oxygens (including phenoxy) is 1. The lowest BCUT2D eigenvalue weighted by atomic mass is 9.79. The fraction of sp³-hybridized carbons (Fsp3) is 0.562. The van der Waals surface area contributed by atoms with Gasteiger partial charge in [0.05, 0.1) is 7.11 Å². The first-order chi connectivity index (χ1) is 10.1. The van der Waals surface area contributed by atoms with Crippen molar-refractivity contribution in [3.8, 4) is 5.75 Å². The number of rotatable bonds is 5. The number of nitrogens with one attached hydrogen (secondary N) is 2. The molecule has 4 nitrogen and oxygen atoms in total. The highest BCUT2D eigenvalue weighted by Gasteiger charge is 2.32. The van der Waals surface area contributed by atoms with Crippen LogP contribution < -0.4 is 15.4 Å². The maximum Gasteiger partial charge on any atom is 0.226 e. The number of hydrogen-bond donors (Lipinski definition) is 2. The summed E-state index contributed by atoms with van der Waals surface area (Å²) in [6, 6.07) is 4.44. The Balaban J connectivity index is 1.99. The number of carbonyl (C=O) groups excluding carboxylic acids is 1. The molecule has 0 aromatic heterocycles. The molecule has 5 heteroatoms. The number of anilines is 1. The van der Waals surface area contributed by atoms with E-state index in [0.717, 1.165) is 25.7 Å². The predicted molar refractivity (Wildman–Crippen MR) is 81.1 cm³/mol. The van der Waals surface area contributed by atoms with E-state index in [0.29, 0.717) is 12.1 Å². The van der Waals surface area contributed by atoms with Gasteiger partial charge in [-0.25, -0.2) is 4.39 Å². The Morgan fingerprint density at radius 3 is 2.62 bits per heavy atom. The van der Waals surface area contributed by atoms with E-state index < -0.39 is 5.82 Å². The minimum absolute atomic E-state index is 0.0872. The molecule has 1 aliphatic carbocycles. The summed E-state index contributed by atoms with van der Waals surface area (Å²) >= 11 is 0. The van der Waals surface area contributed by atoms with Crippen LogP contribution in [0.15, 0.2) is 18.2 Å². The van der Waals surface area contributed by atoms with Crippen molar-refractivity contribution in [3.63, 3.8) is 0 Å². The van der Waals surface area contributed by atoms with Gasteiger partial charge in [-0.3, -0.25) is 4.79 Å². The van der Waals surface area contributed by atoms with Crippen LogP contribution in [0, 0.1) is 5.82 Å². The maximum atomic E-state index is 13.6. The first-order valence-corrected chi connectivity index (χ1v) is 7.41. The van der Waals surface area contributed by atoms with Gasteiger partial charge in [0.15, 0.2) is 11.6 Å². The first kappa shape index (κ1) is 15.8. The van der Waals surface area contributed by atoms with Gasteiger partial charge >= 0.3 is 0 Å². The Labute approximate surface area is 125 Å². The van der Waals surface area contributed by atoms with Crippen LogP contribution in [-0.2, 0) is 4.79 Å². The van der Waals surface area contributed by atoms with Crippen molar-refractivity contribution in [1.29, 1.82) is 0 Å². The van der Waals surface area contributed by atoms with Crippen LogP contribution in [0.25, 0.3) is 0 Å². The van der Waals surface area contributed by atoms with Gasteiger partial charge in [-0.15, -0.1) is 0 Å². The summed E-state index contributed by atoms with van der Waals surface area (Å²) in [7, 11) is 3.32. The third kappa shape index (κ3) is 3.94. The van der Waals surface area contributed by atoms with E-state index in [1.807, 2.05) is 7.05 Å². The van der Waals surface area contributed by atoms with E-state index in [9.17, 15) is 9.18 Å². The molecule has 21 heavy (non-hydrogen) atoms. The number of carbonyl (C=O) groups is 1. The zero-order valence-electron chi connectivity index (χ0n) is 12.7. The van der Waals surface area contributed by atoms with Crippen molar-refractivity contribution >= 4 is 11.6 Å². The Hall–Kier alpha value is -1.62. The molecule has 116 valence electrons. The number of methoxy groups -OCH3 is 1. The van der Waals surface area contributed by atoms with Crippen LogP contribution in [0.5, 0.6) is 5.75 Å². The Kier molecular flexibility index (Phi) is 5.17. The van der Waals surface area contributed by atoms with E-state index in [2.05, 4.69) is 10.6 Å². The monoisotopic (exact) mass is 294 g/mol. The fourth-order valence-corrected chi connectivity index (χ4v) is 3.00. The van der Waals surface area contributed by atoms with Gasteiger partial charge in [0, 0.05) is 23.7 Å². The molecule has 0 atom stereocenters. The van der Waals surface area contributed by atoms with Crippen molar-refractivity contribution in [2.75, 3.05) is 19.5 Å². The Bertz CT molecular complexity index is 499. The van der Waals surface area contributed by atoms with Gasteiger partial charge in [0.2, 0.25) is 5.91 Å². The highest BCUT2D eigenvalue weighted by atomic mass is 19.1. The summed E-state index contributed by atoms with van der Waals surface area (Å²) in [4.78, 5) is 12.2. The molecule has 1 saturated carbocycles. The molecule has 0 spiro atoms. The topological polar surface area (TPSA) is 50.4 Å². The SMILES string of the molecule is CNC1(CC(=O)Nc2ccc(OC)c(F)c2)CCCCC1. The summed E-state index contributed by atoms with van der Waals surface area (Å²) < 4.78 is 18.5. The molecule has 0 aliphatic heterocycles. The smallest absolute Gasteiger partial charge is 0.226 e. The second-order valence-corrected chi connectivity index (χ2v) is 5.67. The molecule has 0 heterocycles. The van der Waals surface area contributed by atoms with E-state index in [1.165, 1.54) is 25.7 Å². The Morgan fingerprint density at radius 1 is 1.33 bits per heavy atom. The van der Waals surface area contributed by atoms with Crippen molar-refractivity contribution < 1.29 is 13.9 Å². The van der Waals surface area contributed by atoms with Crippen LogP contribution in [0.3, 0.4) is 0 Å². The van der Waals surface area contributed by atoms with Crippen LogP contribution in [-0.4, -0.2) is 25.6 Å². The van der Waals surface area contributed by atoms with E-state index >= 15 is 0 Å². The van der Waals surface area contributed by atoms with Crippen molar-refractivity contribution in [2.24, 2.45) is 0 Å². The molecule has 0 unspecified atom stereocenters. The van der Waals surface area contributed by atoms with Crippen molar-refractivity contribution in [1.82, 2.24) is 5.32 Å². The lowest BCUT2D eigenvalue weighted by Crippen LogP contribution is -2.47. The summed E-state index contributed by atoms with van der Waals surface area (Å²) in [6.45, 7) is 0. The van der Waals surface area contributed by atoms with Gasteiger partial charge in [0.1, 0.15) is 0 Å². The average molecular weight is 294 g/mol. The van der Waals surface area contributed by atoms with Crippen LogP contribution >= 0.6 is 0 Å². The first-order valence-electron chi connectivity index (χ1n) is 7.41. The Morgan fingerprint density at radius 2 is 2.05 bits per heavy atom. The number of hydrogen-bond acceptors (Lipinski definition) is 3. The maximum absolute atomic E-state index is 13.6. The highest BCUT2D eigenvalue weighted by Crippen LogP contribution is 2.31. The van der Waals surface area contributed by atoms with Gasteiger partial charge < -0.3 is 15.4 Å². The molecule has 1 aliphatic rings. The van der Waals surface area contributed by atoms with Gasteiger partial charge in [-0.1, -0.05) is 19.3 Å². The summed E-state index contributed by atoms with van der Waals surface area (Å²) in [6.07, 6.45) is 5.95. The van der Waals surface area contributed by atoms with E-state index in [-0.39, 0.29) is 17.2 Å². The molecule has 1 aromatic carbocycles. The van der Waals surface area contributed by atoms with Gasteiger partial charge in [-0.2, -0.15) is 0 Å². The molecule has 1 fully saturated rings. The lowest BCUT2D eigenvalue weighted by molar-refractivity contribution is -0.117. The summed E-state index contributed by atoms with van der Waals surface area (Å²) in [5.41, 5.74) is 0.341. The minimum atomic E-state index is -0.476. The van der Waals surface area contributed by atoms with Crippen molar-refractivity contribution in [2.45, 2.75) is 44.1 Å². The molecular weight excluding hydrogens is 271 g/mol. The van der Waals surface area contributed by atoms with Gasteiger partial charge in [0.25, 0.3) is 0 Å². The third-order valence-corrected chi connectivity index (χ3v) is 4.28. The number of benzene rings is 1. The quantitative estimate of drug-likeness (QED) is 0.877. The molecule has 0 saturated heterocycles. The highest BCUT2D eigenvalue weighted by molar-refractivity contribution is 5.91. The molecular formula is C16H23FN2O2. The summed E-state index contributed by atoms with van der Waals surface area (Å²) in [5.74, 6) is -0.390. The third-order valence-electron chi connectivity index (χ3n) is 4.28. The molecule has 2 rings (SSSR count). The normalized spacial score (nSPS) is 17.3. The molecule has 0 radical (unpaired) electrons. The molecule has 1 aromatic rings. The molecule has 2 N–H and O–H groups in total.